The van der Waals surface area contributed by atoms with Crippen LogP contribution >= 0.6 is 0 Å². The molecule has 1 rings (SSSR count). The molecule has 0 aliphatic heterocycles. The Kier molecular flexibility index (Phi) is 7.19. The van der Waals surface area contributed by atoms with Gasteiger partial charge in [-0.2, -0.15) is 0 Å². The number of nitrogens with one attached hydrogen (secondary N) is 3. The van der Waals surface area contributed by atoms with E-state index in [1.165, 1.54) is 0 Å². The molecule has 0 aromatic carbocycles. The van der Waals surface area contributed by atoms with Gasteiger partial charge < -0.3 is 0 Å². The third-order valence-electron chi connectivity index (χ3n) is 3.74. The maximum Gasteiger partial charge on any atom is 0.207 e. The molecule has 21 heavy (non-hydrogen) atoms. The lowest BCUT2D eigenvalue weighted by Crippen LogP contribution is -2.54. The summed E-state index contributed by atoms with van der Waals surface area (Å²) in [5, 5.41) is 25.0. The maximum absolute atomic E-state index is 8.33. The molecule has 0 saturated carbocycles. The van der Waals surface area contributed by atoms with E-state index in [1.54, 1.807) is 13.7 Å². The van der Waals surface area contributed by atoms with Gasteiger partial charge in [-0.25, -0.2) is 0 Å². The van der Waals surface area contributed by atoms with Crippen molar-refractivity contribution in [3.05, 3.63) is 16.9 Å². The Hall–Kier alpha value is -1.59. The second-order valence-corrected chi connectivity index (χ2v) is 5.49. The number of hydrogen-bond acceptors (Lipinski definition) is 3. The van der Waals surface area contributed by atoms with Gasteiger partial charge in [-0.1, -0.05) is 40.0 Å². The molecule has 0 aliphatic rings. The highest BCUT2D eigenvalue weighted by Crippen LogP contribution is 1.92. The van der Waals surface area contributed by atoms with Gasteiger partial charge in [0, 0.05) is 19.6 Å². The highest BCUT2D eigenvalue weighted by atomic mass is 15.3. The van der Waals surface area contributed by atoms with Gasteiger partial charge in [0.2, 0.25) is 16.9 Å². The normalized spacial score (nSPS) is 11.0. The minimum atomic E-state index is 0.291. The highest BCUT2D eigenvalue weighted by molar-refractivity contribution is 4.72. The van der Waals surface area contributed by atoms with E-state index in [0.29, 0.717) is 36.5 Å². The predicted molar refractivity (Wildman–Crippen MR) is 82.7 cm³/mol. The van der Waals surface area contributed by atoms with Crippen molar-refractivity contribution in [2.75, 3.05) is 0 Å². The van der Waals surface area contributed by atoms with E-state index < -0.39 is 0 Å². The predicted octanol–water partition coefficient (Wildman–Crippen LogP) is 1.93. The number of hydrogen-bond donors (Lipinski definition) is 3. The van der Waals surface area contributed by atoms with Crippen molar-refractivity contribution >= 4 is 0 Å². The van der Waals surface area contributed by atoms with E-state index in [9.17, 15) is 0 Å². The summed E-state index contributed by atoms with van der Waals surface area (Å²) in [5.74, 6) is 0. The van der Waals surface area contributed by atoms with Crippen LogP contribution < -0.4 is 16.9 Å². The molecule has 6 nitrogen and oxygen atoms in total. The molecule has 0 fully saturated rings. The fourth-order valence-corrected chi connectivity index (χ4v) is 2.32. The summed E-state index contributed by atoms with van der Waals surface area (Å²) < 4.78 is 5.23. The molecule has 0 atom stereocenters. The van der Waals surface area contributed by atoms with Gasteiger partial charge in [0.1, 0.15) is 0 Å². The summed E-state index contributed by atoms with van der Waals surface area (Å²) in [6.07, 6.45) is 6.00. The Morgan fingerprint density at radius 1 is 0.571 bits per heavy atom. The van der Waals surface area contributed by atoms with Crippen molar-refractivity contribution in [1.29, 1.82) is 16.2 Å². The van der Waals surface area contributed by atoms with Crippen LogP contribution in [0.2, 0.25) is 0 Å². The van der Waals surface area contributed by atoms with Crippen LogP contribution in [0.25, 0.3) is 0 Å². The van der Waals surface area contributed by atoms with Gasteiger partial charge in [0.25, 0.3) is 0 Å². The van der Waals surface area contributed by atoms with Crippen LogP contribution in [-0.4, -0.2) is 13.7 Å². The molecule has 0 bridgehead atoms. The quantitative estimate of drug-likeness (QED) is 0.621. The molecule has 1 aromatic rings. The topological polar surface area (TPSA) is 86.3 Å². The first-order valence-corrected chi connectivity index (χ1v) is 8.16. The Labute approximate surface area is 126 Å². The molecule has 6 heteroatoms. The van der Waals surface area contributed by atoms with Gasteiger partial charge >= 0.3 is 0 Å². The molecular formula is C15H30N6. The molecule has 0 radical (unpaired) electrons. The number of nitrogens with zero attached hydrogens (tertiary/aromatic N) is 3. The van der Waals surface area contributed by atoms with Crippen LogP contribution in [0.5, 0.6) is 0 Å². The van der Waals surface area contributed by atoms with Crippen LogP contribution in [0.1, 0.15) is 59.3 Å². The van der Waals surface area contributed by atoms with Crippen LogP contribution in [0.15, 0.2) is 0 Å². The van der Waals surface area contributed by atoms with E-state index in [4.69, 9.17) is 16.2 Å². The zero-order valence-corrected chi connectivity index (χ0v) is 13.7. The zero-order chi connectivity index (χ0) is 15.8. The van der Waals surface area contributed by atoms with Crippen molar-refractivity contribution < 1.29 is 0 Å². The minimum Gasteiger partial charge on any atom is -0.282 e. The molecule has 0 saturated heterocycles. The first-order chi connectivity index (χ1) is 10.1. The SMILES string of the molecule is CCCCn1c(=N)n(CCCC)c(=N)n(CCCC)c1=N. The third-order valence-corrected chi connectivity index (χ3v) is 3.74. The van der Waals surface area contributed by atoms with Crippen molar-refractivity contribution in [3.8, 4) is 0 Å². The Balaban J connectivity index is 3.39. The number of unbranched alkanes of at least 4 members (excludes halogenated alkanes) is 3. The average molecular weight is 294 g/mol. The molecule has 120 valence electrons. The number of aromatic nitrogens is 3. The third kappa shape index (κ3) is 4.19. The number of rotatable bonds is 9. The van der Waals surface area contributed by atoms with E-state index in [-0.39, 0.29) is 0 Å². The molecule has 1 heterocycles. The van der Waals surface area contributed by atoms with Crippen molar-refractivity contribution in [3.63, 3.8) is 0 Å². The molecule has 0 aliphatic carbocycles. The van der Waals surface area contributed by atoms with Crippen LogP contribution in [0.3, 0.4) is 0 Å². The largest absolute Gasteiger partial charge is 0.282 e. The van der Waals surface area contributed by atoms with E-state index in [1.807, 2.05) is 0 Å². The lowest BCUT2D eigenvalue weighted by Gasteiger charge is -2.18. The molecule has 0 spiro atoms. The second-order valence-electron chi connectivity index (χ2n) is 5.49. The second kappa shape index (κ2) is 8.64. The van der Waals surface area contributed by atoms with E-state index in [0.717, 1.165) is 38.5 Å². The smallest absolute Gasteiger partial charge is 0.207 e. The Morgan fingerprint density at radius 2 is 0.810 bits per heavy atom. The summed E-state index contributed by atoms with van der Waals surface area (Å²) in [6.45, 7) is 8.40. The van der Waals surface area contributed by atoms with Crippen LogP contribution in [0, 0.1) is 16.2 Å². The summed E-state index contributed by atoms with van der Waals surface area (Å²) in [4.78, 5) is 0. The molecule has 0 amide bonds. The summed E-state index contributed by atoms with van der Waals surface area (Å²) in [5.41, 5.74) is 0.874. The monoisotopic (exact) mass is 294 g/mol. The first-order valence-electron chi connectivity index (χ1n) is 8.16. The van der Waals surface area contributed by atoms with Crippen LogP contribution in [-0.2, 0) is 19.6 Å². The van der Waals surface area contributed by atoms with E-state index >= 15 is 0 Å². The van der Waals surface area contributed by atoms with Crippen molar-refractivity contribution in [2.45, 2.75) is 78.9 Å². The van der Waals surface area contributed by atoms with Crippen LogP contribution in [0.4, 0.5) is 0 Å². The summed E-state index contributed by atoms with van der Waals surface area (Å²) >= 11 is 0. The Bertz CT molecular complexity index is 488. The van der Waals surface area contributed by atoms with Gasteiger partial charge in [-0.3, -0.25) is 29.9 Å². The molecular weight excluding hydrogens is 264 g/mol. The fourth-order valence-electron chi connectivity index (χ4n) is 2.32. The molecule has 0 unspecified atom stereocenters. The van der Waals surface area contributed by atoms with Gasteiger partial charge in [-0.05, 0) is 19.3 Å². The first kappa shape index (κ1) is 17.5. The summed E-state index contributed by atoms with van der Waals surface area (Å²) in [7, 11) is 0. The van der Waals surface area contributed by atoms with Crippen molar-refractivity contribution in [1.82, 2.24) is 13.7 Å². The fraction of sp³-hybridized carbons (Fsp3) is 0.800. The Morgan fingerprint density at radius 3 is 1.00 bits per heavy atom. The molecule has 3 N–H and O–H groups in total. The minimum absolute atomic E-state index is 0.291. The lowest BCUT2D eigenvalue weighted by molar-refractivity contribution is 0.389. The van der Waals surface area contributed by atoms with Gasteiger partial charge in [0.05, 0.1) is 0 Å². The standard InChI is InChI=1S/C15H30N6/c1-4-7-10-19-13(16)20(11-8-5-2)15(18)21(14(19)17)12-9-6-3/h16-18H,4-12H2,1-3H3. The van der Waals surface area contributed by atoms with Gasteiger partial charge in [0.15, 0.2) is 0 Å². The lowest BCUT2D eigenvalue weighted by atomic mass is 10.3. The van der Waals surface area contributed by atoms with E-state index in [2.05, 4.69) is 20.8 Å². The molecule has 1 aromatic heterocycles. The van der Waals surface area contributed by atoms with Crippen molar-refractivity contribution in [2.24, 2.45) is 0 Å². The average Bonchev–Trinajstić information content (AvgIpc) is 2.47. The maximum atomic E-state index is 8.33. The summed E-state index contributed by atoms with van der Waals surface area (Å²) in [6, 6.07) is 0. The highest BCUT2D eigenvalue weighted by Gasteiger charge is 2.08. The zero-order valence-electron chi connectivity index (χ0n) is 13.7. The van der Waals surface area contributed by atoms with Gasteiger partial charge in [-0.15, -0.1) is 0 Å².